The second-order valence-corrected chi connectivity index (χ2v) is 3.74. The molecule has 0 amide bonds. The zero-order chi connectivity index (χ0) is 12.8. The Morgan fingerprint density at radius 3 is 2.82 bits per heavy atom. The molecule has 1 aromatic carbocycles. The predicted molar refractivity (Wildman–Crippen MR) is 66.4 cm³/mol. The molecule has 0 heterocycles. The number of aliphatic carboxylic acids is 1. The lowest BCUT2D eigenvalue weighted by Gasteiger charge is -2.12. The topological polar surface area (TPSA) is 84.6 Å². The third-order valence-corrected chi connectivity index (χ3v) is 2.32. The largest absolute Gasteiger partial charge is 0.494 e. The molecule has 1 unspecified atom stereocenters. The maximum atomic E-state index is 10.5. The second kappa shape index (κ2) is 6.10. The molecule has 0 spiro atoms. The van der Waals surface area contributed by atoms with Gasteiger partial charge >= 0.3 is 5.97 Å². The van der Waals surface area contributed by atoms with Gasteiger partial charge in [-0.1, -0.05) is 0 Å². The van der Waals surface area contributed by atoms with Crippen molar-refractivity contribution in [1.82, 2.24) is 0 Å². The average Bonchev–Trinajstić information content (AvgIpc) is 2.29. The Morgan fingerprint density at radius 1 is 1.59 bits per heavy atom. The molecular formula is C12H18N2O3. The van der Waals surface area contributed by atoms with Crippen LogP contribution in [0.1, 0.15) is 12.5 Å². The highest BCUT2D eigenvalue weighted by Gasteiger charge is 2.10. The number of aryl methyl sites for hydroxylation is 1. The van der Waals surface area contributed by atoms with Crippen LogP contribution in [0.5, 0.6) is 5.75 Å². The molecule has 0 aliphatic heterocycles. The highest BCUT2D eigenvalue weighted by atomic mass is 16.5. The number of nitrogens with two attached hydrogens (primary N) is 1. The second-order valence-electron chi connectivity index (χ2n) is 3.74. The Bertz CT molecular complexity index is 393. The summed E-state index contributed by atoms with van der Waals surface area (Å²) in [4.78, 5) is 10.5. The average molecular weight is 238 g/mol. The summed E-state index contributed by atoms with van der Waals surface area (Å²) in [5.41, 5.74) is 7.23. The van der Waals surface area contributed by atoms with E-state index in [1.807, 2.05) is 32.0 Å². The monoisotopic (exact) mass is 238 g/mol. The third-order valence-electron chi connectivity index (χ3n) is 2.32. The van der Waals surface area contributed by atoms with E-state index in [1.165, 1.54) is 0 Å². The minimum absolute atomic E-state index is 0.197. The van der Waals surface area contributed by atoms with Crippen LogP contribution in [-0.4, -0.2) is 30.3 Å². The van der Waals surface area contributed by atoms with Crippen LogP contribution in [0, 0.1) is 6.92 Å². The molecule has 0 aliphatic carbocycles. The number of benzene rings is 1. The van der Waals surface area contributed by atoms with Gasteiger partial charge < -0.3 is 20.9 Å². The van der Waals surface area contributed by atoms with Crippen LogP contribution >= 0.6 is 0 Å². The van der Waals surface area contributed by atoms with E-state index in [1.54, 1.807) is 0 Å². The summed E-state index contributed by atoms with van der Waals surface area (Å²) < 4.78 is 5.41. The first kappa shape index (κ1) is 13.3. The lowest BCUT2D eigenvalue weighted by molar-refractivity contribution is -0.138. The number of carboxylic acids is 1. The lowest BCUT2D eigenvalue weighted by atomic mass is 10.2. The minimum Gasteiger partial charge on any atom is -0.494 e. The van der Waals surface area contributed by atoms with Gasteiger partial charge in [0.25, 0.3) is 0 Å². The third kappa shape index (κ3) is 3.96. The van der Waals surface area contributed by atoms with E-state index >= 15 is 0 Å². The molecule has 1 rings (SSSR count). The van der Waals surface area contributed by atoms with E-state index in [9.17, 15) is 4.79 Å². The van der Waals surface area contributed by atoms with Gasteiger partial charge in [-0.2, -0.15) is 0 Å². The number of hydrogen-bond donors (Lipinski definition) is 3. The summed E-state index contributed by atoms with van der Waals surface area (Å²) in [6, 6.07) is 4.70. The Balaban J connectivity index is 2.61. The van der Waals surface area contributed by atoms with Crippen molar-refractivity contribution in [2.24, 2.45) is 5.73 Å². The van der Waals surface area contributed by atoms with Gasteiger partial charge in [0.05, 0.1) is 6.61 Å². The van der Waals surface area contributed by atoms with E-state index in [0.29, 0.717) is 6.61 Å². The van der Waals surface area contributed by atoms with Gasteiger partial charge in [0.1, 0.15) is 11.8 Å². The number of ether oxygens (including phenoxy) is 1. The molecule has 0 aliphatic rings. The van der Waals surface area contributed by atoms with Crippen LogP contribution in [0.2, 0.25) is 0 Å². The summed E-state index contributed by atoms with van der Waals surface area (Å²) >= 11 is 0. The maximum absolute atomic E-state index is 10.5. The van der Waals surface area contributed by atoms with Gasteiger partial charge in [-0.25, -0.2) is 0 Å². The normalized spacial score (nSPS) is 11.9. The molecular weight excluding hydrogens is 220 g/mol. The molecule has 1 aromatic rings. The van der Waals surface area contributed by atoms with Gasteiger partial charge in [-0.05, 0) is 37.6 Å². The number of anilines is 1. The summed E-state index contributed by atoms with van der Waals surface area (Å²) in [6.07, 6.45) is 0. The molecule has 0 aromatic heterocycles. The predicted octanol–water partition coefficient (Wildman–Crippen LogP) is 1.22. The van der Waals surface area contributed by atoms with Crippen LogP contribution in [0.25, 0.3) is 0 Å². The fourth-order valence-corrected chi connectivity index (χ4v) is 1.39. The van der Waals surface area contributed by atoms with Gasteiger partial charge in [0.2, 0.25) is 0 Å². The zero-order valence-corrected chi connectivity index (χ0v) is 10.1. The number of nitrogens with one attached hydrogen (secondary N) is 1. The number of carbonyl (C=O) groups is 1. The van der Waals surface area contributed by atoms with Gasteiger partial charge in [0.15, 0.2) is 0 Å². The first-order valence-corrected chi connectivity index (χ1v) is 5.50. The van der Waals surface area contributed by atoms with Crippen LogP contribution in [0.15, 0.2) is 18.2 Å². The van der Waals surface area contributed by atoms with Crippen molar-refractivity contribution in [3.8, 4) is 5.75 Å². The number of hydrogen-bond acceptors (Lipinski definition) is 4. The van der Waals surface area contributed by atoms with Gasteiger partial charge in [-0.3, -0.25) is 4.79 Å². The van der Waals surface area contributed by atoms with Crippen molar-refractivity contribution in [3.63, 3.8) is 0 Å². The van der Waals surface area contributed by atoms with Crippen LogP contribution in [0.3, 0.4) is 0 Å². The first-order chi connectivity index (χ1) is 8.04. The smallest absolute Gasteiger partial charge is 0.322 e. The Labute approximate surface area is 101 Å². The van der Waals surface area contributed by atoms with Crippen LogP contribution in [-0.2, 0) is 4.79 Å². The van der Waals surface area contributed by atoms with Crippen LogP contribution in [0.4, 0.5) is 5.69 Å². The molecule has 0 bridgehead atoms. The van der Waals surface area contributed by atoms with Crippen molar-refractivity contribution < 1.29 is 14.6 Å². The standard InChI is InChI=1S/C12H18N2O3/c1-3-17-11-5-4-9(6-8(11)2)14-7-10(13)12(15)16/h4-6,10,14H,3,7,13H2,1-2H3,(H,15,16). The molecule has 4 N–H and O–H groups in total. The fraction of sp³-hybridized carbons (Fsp3) is 0.417. The Morgan fingerprint density at radius 2 is 2.29 bits per heavy atom. The van der Waals surface area contributed by atoms with Crippen molar-refractivity contribution in [3.05, 3.63) is 23.8 Å². The quantitative estimate of drug-likeness (QED) is 0.694. The van der Waals surface area contributed by atoms with E-state index in [0.717, 1.165) is 17.0 Å². The summed E-state index contributed by atoms with van der Waals surface area (Å²) in [7, 11) is 0. The number of carboxylic acid groups (broad SMARTS) is 1. The van der Waals surface area contributed by atoms with Crippen molar-refractivity contribution >= 4 is 11.7 Å². The van der Waals surface area contributed by atoms with Crippen molar-refractivity contribution in [2.75, 3.05) is 18.5 Å². The summed E-state index contributed by atoms with van der Waals surface area (Å²) in [6.45, 7) is 4.69. The van der Waals surface area contributed by atoms with Gasteiger partial charge in [0, 0.05) is 12.2 Å². The molecule has 94 valence electrons. The molecule has 5 nitrogen and oxygen atoms in total. The van der Waals surface area contributed by atoms with E-state index in [2.05, 4.69) is 5.32 Å². The number of rotatable bonds is 6. The molecule has 5 heteroatoms. The summed E-state index contributed by atoms with van der Waals surface area (Å²) in [5.74, 6) is -0.180. The SMILES string of the molecule is CCOc1ccc(NCC(N)C(=O)O)cc1C. The highest BCUT2D eigenvalue weighted by Crippen LogP contribution is 2.21. The molecule has 0 radical (unpaired) electrons. The molecule has 17 heavy (non-hydrogen) atoms. The maximum Gasteiger partial charge on any atom is 0.322 e. The highest BCUT2D eigenvalue weighted by molar-refractivity contribution is 5.74. The van der Waals surface area contributed by atoms with Crippen molar-refractivity contribution in [2.45, 2.75) is 19.9 Å². The molecule has 1 atom stereocenters. The fourth-order valence-electron chi connectivity index (χ4n) is 1.39. The Hall–Kier alpha value is -1.75. The van der Waals surface area contributed by atoms with E-state index in [-0.39, 0.29) is 6.54 Å². The molecule has 0 fully saturated rings. The van der Waals surface area contributed by atoms with E-state index in [4.69, 9.17) is 15.6 Å². The van der Waals surface area contributed by atoms with E-state index < -0.39 is 12.0 Å². The molecule has 0 saturated carbocycles. The molecule has 0 saturated heterocycles. The lowest BCUT2D eigenvalue weighted by Crippen LogP contribution is -2.36. The summed E-state index contributed by atoms with van der Waals surface area (Å²) in [5, 5.41) is 11.6. The minimum atomic E-state index is -1.01. The zero-order valence-electron chi connectivity index (χ0n) is 10.1. The van der Waals surface area contributed by atoms with Crippen molar-refractivity contribution in [1.29, 1.82) is 0 Å². The van der Waals surface area contributed by atoms with Crippen LogP contribution < -0.4 is 15.8 Å². The Kier molecular flexibility index (Phi) is 4.78. The van der Waals surface area contributed by atoms with Gasteiger partial charge in [-0.15, -0.1) is 0 Å². The first-order valence-electron chi connectivity index (χ1n) is 5.50.